The highest BCUT2D eigenvalue weighted by atomic mass is 16.3. The van der Waals surface area contributed by atoms with Crippen molar-refractivity contribution in [3.05, 3.63) is 55.0 Å². The predicted molar refractivity (Wildman–Crippen MR) is 147 cm³/mol. The number of nitrogens with zero attached hydrogens (tertiary/aromatic N) is 3. The van der Waals surface area contributed by atoms with Crippen LogP contribution in [0.15, 0.2) is 53.9 Å². The first-order valence-corrected chi connectivity index (χ1v) is 12.8. The van der Waals surface area contributed by atoms with E-state index in [0.717, 1.165) is 39.1 Å². The largest absolute Gasteiger partial charge is 0.452 e. The fourth-order valence-corrected chi connectivity index (χ4v) is 4.54. The molecular formula is C29H37N5O. The normalized spacial score (nSPS) is 13.9. The Hall–Kier alpha value is -3.54. The van der Waals surface area contributed by atoms with Crippen LogP contribution in [-0.2, 0) is 0 Å². The molecule has 1 saturated carbocycles. The van der Waals surface area contributed by atoms with Gasteiger partial charge in [0.15, 0.2) is 11.4 Å². The zero-order chi connectivity index (χ0) is 24.8. The molecule has 4 aromatic rings. The average molecular weight is 472 g/mol. The van der Waals surface area contributed by atoms with Crippen LogP contribution in [-0.4, -0.2) is 21.8 Å². The van der Waals surface area contributed by atoms with Crippen LogP contribution in [0.25, 0.3) is 39.5 Å². The summed E-state index contributed by atoms with van der Waals surface area (Å²) in [5.74, 6) is 1.14. The maximum Gasteiger partial charge on any atom is 0.177 e. The van der Waals surface area contributed by atoms with Gasteiger partial charge in [0.2, 0.25) is 0 Å². The Morgan fingerprint density at radius 1 is 1.11 bits per heavy atom. The Morgan fingerprint density at radius 2 is 1.89 bits per heavy atom. The molecule has 0 saturated heterocycles. The summed E-state index contributed by atoms with van der Waals surface area (Å²) in [6.07, 6.45) is 16.6. The molecule has 35 heavy (non-hydrogen) atoms. The number of nitrogen functional groups attached to an aromatic ring is 1. The van der Waals surface area contributed by atoms with Gasteiger partial charge in [-0.3, -0.25) is 4.68 Å². The second kappa shape index (κ2) is 11.3. The first-order valence-electron chi connectivity index (χ1n) is 12.8. The Kier molecular flexibility index (Phi) is 7.91. The molecule has 0 unspecified atom stereocenters. The summed E-state index contributed by atoms with van der Waals surface area (Å²) in [4.78, 5) is 4.39. The van der Waals surface area contributed by atoms with Gasteiger partial charge in [0, 0.05) is 47.2 Å². The molecule has 3 heterocycles. The standard InChI is InChI=1S/C25H27N5O.C4H10/c1-3-16-9-10-17(11-22(16)27-2)23-12-20-21(14-28-25(26)24(20)31-23)18-13-29-30(15-18)19-7-5-4-6-8-19;1-3-4-2/h3,9-15,19,27H,1,4-8H2,2H3,(H2,26,28);3-4H2,1-2H3. The number of fused-ring (bicyclic) bond motifs is 1. The lowest BCUT2D eigenvalue weighted by Gasteiger charge is -2.21. The third-order valence-electron chi connectivity index (χ3n) is 6.78. The van der Waals surface area contributed by atoms with Crippen molar-refractivity contribution in [2.24, 2.45) is 0 Å². The molecule has 0 aliphatic heterocycles. The van der Waals surface area contributed by atoms with Crippen molar-refractivity contribution in [3.8, 4) is 22.5 Å². The molecule has 1 aliphatic carbocycles. The third-order valence-corrected chi connectivity index (χ3v) is 6.78. The number of furan rings is 1. The summed E-state index contributed by atoms with van der Waals surface area (Å²) >= 11 is 0. The summed E-state index contributed by atoms with van der Waals surface area (Å²) in [7, 11) is 1.90. The second-order valence-electron chi connectivity index (χ2n) is 9.17. The third kappa shape index (κ3) is 5.26. The van der Waals surface area contributed by atoms with Crippen molar-refractivity contribution in [1.29, 1.82) is 0 Å². The van der Waals surface area contributed by atoms with Crippen molar-refractivity contribution in [2.75, 3.05) is 18.1 Å². The Labute approximate surface area is 208 Å². The van der Waals surface area contributed by atoms with E-state index in [4.69, 9.17) is 10.2 Å². The number of nitrogens with one attached hydrogen (secondary N) is 1. The molecule has 0 bridgehead atoms. The quantitative estimate of drug-likeness (QED) is 0.298. The molecule has 0 spiro atoms. The summed E-state index contributed by atoms with van der Waals surface area (Å²) in [6, 6.07) is 8.64. The Balaban J connectivity index is 0.000000672. The number of anilines is 2. The van der Waals surface area contributed by atoms with Gasteiger partial charge in [-0.25, -0.2) is 4.98 Å². The van der Waals surface area contributed by atoms with Gasteiger partial charge < -0.3 is 15.5 Å². The zero-order valence-corrected chi connectivity index (χ0v) is 21.2. The smallest absolute Gasteiger partial charge is 0.177 e. The molecular weight excluding hydrogens is 434 g/mol. The number of hydrogen-bond acceptors (Lipinski definition) is 5. The van der Waals surface area contributed by atoms with E-state index in [0.29, 0.717) is 17.4 Å². The number of unbranched alkanes of at least 4 members (excludes halogenated alkanes) is 1. The molecule has 5 rings (SSSR count). The second-order valence-corrected chi connectivity index (χ2v) is 9.17. The van der Waals surface area contributed by atoms with Gasteiger partial charge in [-0.1, -0.05) is 70.7 Å². The van der Waals surface area contributed by atoms with Crippen molar-refractivity contribution < 1.29 is 4.42 Å². The van der Waals surface area contributed by atoms with E-state index in [1.165, 1.54) is 44.9 Å². The van der Waals surface area contributed by atoms with Crippen LogP contribution in [0, 0.1) is 0 Å². The number of hydrogen-bond donors (Lipinski definition) is 2. The highest BCUT2D eigenvalue weighted by Crippen LogP contribution is 2.38. The van der Waals surface area contributed by atoms with Crippen molar-refractivity contribution in [2.45, 2.75) is 64.8 Å². The van der Waals surface area contributed by atoms with E-state index in [1.54, 1.807) is 0 Å². The maximum absolute atomic E-state index is 6.17. The molecule has 6 nitrogen and oxygen atoms in total. The van der Waals surface area contributed by atoms with Crippen LogP contribution in [0.3, 0.4) is 0 Å². The highest BCUT2D eigenvalue weighted by molar-refractivity contribution is 6.00. The molecule has 0 radical (unpaired) electrons. The van der Waals surface area contributed by atoms with Crippen molar-refractivity contribution in [3.63, 3.8) is 0 Å². The summed E-state index contributed by atoms with van der Waals surface area (Å²) < 4.78 is 8.29. The average Bonchev–Trinajstić information content (AvgIpc) is 3.58. The van der Waals surface area contributed by atoms with Gasteiger partial charge in [-0.2, -0.15) is 5.10 Å². The molecule has 3 aromatic heterocycles. The number of benzene rings is 1. The lowest BCUT2D eigenvalue weighted by atomic mass is 9.96. The lowest BCUT2D eigenvalue weighted by molar-refractivity contribution is 0.329. The van der Waals surface area contributed by atoms with E-state index in [9.17, 15) is 0 Å². The van der Waals surface area contributed by atoms with Gasteiger partial charge in [0.05, 0.1) is 12.2 Å². The Morgan fingerprint density at radius 3 is 2.57 bits per heavy atom. The van der Waals surface area contributed by atoms with Crippen molar-refractivity contribution in [1.82, 2.24) is 14.8 Å². The van der Waals surface area contributed by atoms with Gasteiger partial charge in [-0.05, 0) is 30.5 Å². The Bertz CT molecular complexity index is 1280. The van der Waals surface area contributed by atoms with Crippen LogP contribution in [0.1, 0.15) is 70.4 Å². The predicted octanol–water partition coefficient (Wildman–Crippen LogP) is 7.94. The fraction of sp³-hybridized carbons (Fsp3) is 0.379. The highest BCUT2D eigenvalue weighted by Gasteiger charge is 2.19. The van der Waals surface area contributed by atoms with Crippen LogP contribution in [0.5, 0.6) is 0 Å². The molecule has 1 aliphatic rings. The molecule has 0 amide bonds. The minimum absolute atomic E-state index is 0.390. The molecule has 184 valence electrons. The summed E-state index contributed by atoms with van der Waals surface area (Å²) in [6.45, 7) is 8.23. The fourth-order valence-electron chi connectivity index (χ4n) is 4.54. The van der Waals surface area contributed by atoms with Crippen LogP contribution >= 0.6 is 0 Å². The molecule has 3 N–H and O–H groups in total. The number of nitrogens with two attached hydrogens (primary N) is 1. The first-order chi connectivity index (χ1) is 17.1. The topological polar surface area (TPSA) is 81.9 Å². The minimum Gasteiger partial charge on any atom is -0.452 e. The van der Waals surface area contributed by atoms with Gasteiger partial charge >= 0.3 is 0 Å². The van der Waals surface area contributed by atoms with E-state index >= 15 is 0 Å². The summed E-state index contributed by atoms with van der Waals surface area (Å²) in [5, 5.41) is 8.82. The van der Waals surface area contributed by atoms with E-state index < -0.39 is 0 Å². The molecule has 1 aromatic carbocycles. The summed E-state index contributed by atoms with van der Waals surface area (Å²) in [5.41, 5.74) is 11.8. The number of aromatic nitrogens is 3. The monoisotopic (exact) mass is 471 g/mol. The molecule has 1 fully saturated rings. The first kappa shape index (κ1) is 24.6. The van der Waals surface area contributed by atoms with Crippen LogP contribution in [0.4, 0.5) is 11.5 Å². The van der Waals surface area contributed by atoms with Crippen LogP contribution in [0.2, 0.25) is 0 Å². The zero-order valence-electron chi connectivity index (χ0n) is 21.2. The number of pyridine rings is 1. The SMILES string of the molecule is C=Cc1ccc(-c2cc3c(-c4cnn(C5CCCCC5)c4)cnc(N)c3o2)cc1NC.CCCC. The number of rotatable bonds is 6. The van der Waals surface area contributed by atoms with Gasteiger partial charge in [0.1, 0.15) is 5.76 Å². The van der Waals surface area contributed by atoms with E-state index in [2.05, 4.69) is 52.8 Å². The van der Waals surface area contributed by atoms with Gasteiger partial charge in [-0.15, -0.1) is 0 Å². The lowest BCUT2D eigenvalue weighted by Crippen LogP contribution is -2.12. The minimum atomic E-state index is 0.390. The molecule has 6 heteroatoms. The van der Waals surface area contributed by atoms with Crippen molar-refractivity contribution >= 4 is 28.6 Å². The van der Waals surface area contributed by atoms with E-state index in [-0.39, 0.29) is 0 Å². The van der Waals surface area contributed by atoms with Gasteiger partial charge in [0.25, 0.3) is 0 Å². The maximum atomic E-state index is 6.17. The van der Waals surface area contributed by atoms with Crippen LogP contribution < -0.4 is 11.1 Å². The molecule has 0 atom stereocenters. The van der Waals surface area contributed by atoms with E-state index in [1.807, 2.05) is 43.7 Å².